The van der Waals surface area contributed by atoms with Crippen LogP contribution in [0.4, 0.5) is 0 Å². The zero-order valence-electron chi connectivity index (χ0n) is 11.1. The average molecular weight is 342 g/mol. The maximum absolute atomic E-state index is 12.6. The molecule has 3 nitrogen and oxygen atoms in total. The summed E-state index contributed by atoms with van der Waals surface area (Å²) in [7, 11) is 0. The predicted octanol–water partition coefficient (Wildman–Crippen LogP) is 3.86. The van der Waals surface area contributed by atoms with Crippen molar-refractivity contribution in [1.29, 1.82) is 0 Å². The smallest absolute Gasteiger partial charge is 0.262 e. The molecule has 0 saturated carbocycles. The van der Waals surface area contributed by atoms with Crippen molar-refractivity contribution in [3.05, 3.63) is 70.8 Å². The number of halogens is 1. The number of carbonyl (C=O) groups excluding carboxylic acids is 2. The largest absolute Gasteiger partial charge is 0.269 e. The van der Waals surface area contributed by atoms with Crippen LogP contribution in [0.3, 0.4) is 0 Å². The van der Waals surface area contributed by atoms with Gasteiger partial charge >= 0.3 is 0 Å². The summed E-state index contributed by atoms with van der Waals surface area (Å²) in [6, 6.07) is 14.8. The van der Waals surface area contributed by atoms with Crippen LogP contribution >= 0.6 is 15.9 Å². The van der Waals surface area contributed by atoms with Crippen molar-refractivity contribution in [3.8, 4) is 0 Å². The average Bonchev–Trinajstić information content (AvgIpc) is 2.96. The van der Waals surface area contributed by atoms with Crippen LogP contribution in [0.5, 0.6) is 0 Å². The van der Waals surface area contributed by atoms with Gasteiger partial charge in [0.1, 0.15) is 0 Å². The maximum atomic E-state index is 12.6. The van der Waals surface area contributed by atoms with Crippen LogP contribution in [-0.2, 0) is 0 Å². The lowest BCUT2D eigenvalue weighted by molar-refractivity contribution is 0.0582. The van der Waals surface area contributed by atoms with Gasteiger partial charge in [0.15, 0.2) is 0 Å². The molecule has 2 aliphatic rings. The molecule has 2 amide bonds. The highest BCUT2D eigenvalue weighted by atomic mass is 79.9. The Balaban J connectivity index is 1.80. The van der Waals surface area contributed by atoms with Crippen molar-refractivity contribution >= 4 is 27.7 Å². The Morgan fingerprint density at radius 1 is 0.857 bits per heavy atom. The second-order valence-electron chi connectivity index (χ2n) is 5.37. The number of fused-ring (bicyclic) bond motifs is 2. The van der Waals surface area contributed by atoms with E-state index in [9.17, 15) is 9.59 Å². The van der Waals surface area contributed by atoms with Gasteiger partial charge in [-0.05, 0) is 29.7 Å². The fourth-order valence-corrected chi connectivity index (χ4v) is 4.06. The van der Waals surface area contributed by atoms with Gasteiger partial charge in [-0.2, -0.15) is 0 Å². The van der Waals surface area contributed by atoms with E-state index < -0.39 is 0 Å². The van der Waals surface area contributed by atoms with E-state index in [1.807, 2.05) is 24.3 Å². The molecule has 0 aromatic heterocycles. The summed E-state index contributed by atoms with van der Waals surface area (Å²) < 4.78 is 0. The van der Waals surface area contributed by atoms with E-state index >= 15 is 0 Å². The van der Waals surface area contributed by atoms with Crippen molar-refractivity contribution in [1.82, 2.24) is 4.90 Å². The van der Waals surface area contributed by atoms with Crippen LogP contribution in [0.1, 0.15) is 49.1 Å². The summed E-state index contributed by atoms with van der Waals surface area (Å²) in [5.74, 6) is -0.367. The molecule has 0 spiro atoms. The van der Waals surface area contributed by atoms with Crippen LogP contribution in [-0.4, -0.2) is 16.7 Å². The third-order valence-corrected chi connectivity index (χ3v) is 5.13. The number of nitrogens with zero attached hydrogens (tertiary/aromatic N) is 1. The SMILES string of the molecule is O=C1c2ccccc2C(=O)N1C1CC(Br)c2ccccc21. The summed E-state index contributed by atoms with van der Waals surface area (Å²) in [6.07, 6.45) is 0.727. The van der Waals surface area contributed by atoms with Crippen LogP contribution in [0.2, 0.25) is 0 Å². The molecule has 2 atom stereocenters. The van der Waals surface area contributed by atoms with Gasteiger partial charge < -0.3 is 0 Å². The molecule has 1 aliphatic heterocycles. The van der Waals surface area contributed by atoms with Gasteiger partial charge in [0, 0.05) is 4.83 Å². The molecule has 0 N–H and O–H groups in total. The standard InChI is InChI=1S/C17H12BrNO2/c18-14-9-15(11-6-2-1-5-10(11)14)19-16(20)12-7-3-4-8-13(12)17(19)21/h1-8,14-15H,9H2. The minimum Gasteiger partial charge on any atom is -0.269 e. The third kappa shape index (κ3) is 1.72. The molecule has 4 heteroatoms. The van der Waals surface area contributed by atoms with E-state index in [1.165, 1.54) is 10.5 Å². The Hall–Kier alpha value is -1.94. The quantitative estimate of drug-likeness (QED) is 0.583. The Labute approximate surface area is 130 Å². The van der Waals surface area contributed by atoms with E-state index in [0.29, 0.717) is 11.1 Å². The Morgan fingerprint density at radius 2 is 1.38 bits per heavy atom. The van der Waals surface area contributed by atoms with Crippen molar-refractivity contribution in [3.63, 3.8) is 0 Å². The molecule has 0 bridgehead atoms. The normalized spacial score (nSPS) is 23.4. The highest BCUT2D eigenvalue weighted by Crippen LogP contribution is 2.48. The van der Waals surface area contributed by atoms with Crippen LogP contribution in [0, 0.1) is 0 Å². The topological polar surface area (TPSA) is 37.4 Å². The van der Waals surface area contributed by atoms with Crippen molar-refractivity contribution < 1.29 is 9.59 Å². The molecule has 1 aliphatic carbocycles. The second kappa shape index (κ2) is 4.53. The maximum Gasteiger partial charge on any atom is 0.262 e. The molecule has 0 saturated heterocycles. The minimum atomic E-state index is -0.183. The summed E-state index contributed by atoms with van der Waals surface area (Å²) in [5, 5.41) is 0. The molecule has 2 aromatic rings. The lowest BCUT2D eigenvalue weighted by atomic mass is 10.1. The van der Waals surface area contributed by atoms with Gasteiger partial charge in [-0.3, -0.25) is 14.5 Å². The van der Waals surface area contributed by atoms with Crippen molar-refractivity contribution in [2.24, 2.45) is 0 Å². The number of amides is 2. The number of benzene rings is 2. The highest BCUT2D eigenvalue weighted by molar-refractivity contribution is 9.09. The van der Waals surface area contributed by atoms with Crippen LogP contribution < -0.4 is 0 Å². The Kier molecular flexibility index (Phi) is 2.76. The molecule has 0 radical (unpaired) electrons. The molecule has 2 unspecified atom stereocenters. The summed E-state index contributed by atoms with van der Waals surface area (Å²) in [6.45, 7) is 0. The van der Waals surface area contributed by atoms with Gasteiger partial charge in [0.05, 0.1) is 17.2 Å². The number of hydrogen-bond donors (Lipinski definition) is 0. The third-order valence-electron chi connectivity index (χ3n) is 4.26. The van der Waals surface area contributed by atoms with Crippen LogP contribution in [0.25, 0.3) is 0 Å². The first-order valence-corrected chi connectivity index (χ1v) is 7.80. The summed E-state index contributed by atoms with van der Waals surface area (Å²) in [4.78, 5) is 26.8. The van der Waals surface area contributed by atoms with E-state index in [4.69, 9.17) is 0 Å². The van der Waals surface area contributed by atoms with Gasteiger partial charge in [-0.1, -0.05) is 52.3 Å². The molecule has 21 heavy (non-hydrogen) atoms. The lowest BCUT2D eigenvalue weighted by Crippen LogP contribution is -2.33. The first kappa shape index (κ1) is 12.8. The lowest BCUT2D eigenvalue weighted by Gasteiger charge is -2.23. The van der Waals surface area contributed by atoms with E-state index in [1.54, 1.807) is 24.3 Å². The second-order valence-corrected chi connectivity index (χ2v) is 6.48. The molecular formula is C17H12BrNO2. The number of imide groups is 1. The summed E-state index contributed by atoms with van der Waals surface area (Å²) >= 11 is 3.65. The van der Waals surface area contributed by atoms with Gasteiger partial charge in [-0.15, -0.1) is 0 Å². The van der Waals surface area contributed by atoms with Gasteiger partial charge in [0.25, 0.3) is 11.8 Å². The zero-order valence-corrected chi connectivity index (χ0v) is 12.7. The Morgan fingerprint density at radius 3 is 2.00 bits per heavy atom. The van der Waals surface area contributed by atoms with Gasteiger partial charge in [-0.25, -0.2) is 0 Å². The number of rotatable bonds is 1. The van der Waals surface area contributed by atoms with Gasteiger partial charge in [0.2, 0.25) is 0 Å². The van der Waals surface area contributed by atoms with E-state index in [0.717, 1.165) is 12.0 Å². The summed E-state index contributed by atoms with van der Waals surface area (Å²) in [5.41, 5.74) is 3.25. The molecule has 2 aromatic carbocycles. The highest BCUT2D eigenvalue weighted by Gasteiger charge is 2.44. The van der Waals surface area contributed by atoms with Crippen LogP contribution in [0.15, 0.2) is 48.5 Å². The fraction of sp³-hybridized carbons (Fsp3) is 0.176. The molecular weight excluding hydrogens is 330 g/mol. The van der Waals surface area contributed by atoms with Crippen molar-refractivity contribution in [2.45, 2.75) is 17.3 Å². The monoisotopic (exact) mass is 341 g/mol. The molecule has 0 fully saturated rings. The van der Waals surface area contributed by atoms with Crippen molar-refractivity contribution in [2.75, 3.05) is 0 Å². The number of carbonyl (C=O) groups is 2. The predicted molar refractivity (Wildman–Crippen MR) is 82.4 cm³/mol. The molecule has 1 heterocycles. The number of hydrogen-bond acceptors (Lipinski definition) is 2. The van der Waals surface area contributed by atoms with E-state index in [-0.39, 0.29) is 22.7 Å². The molecule has 4 rings (SSSR count). The zero-order chi connectivity index (χ0) is 14.6. The number of alkyl halides is 1. The minimum absolute atomic E-state index is 0.182. The Bertz CT molecular complexity index is 736. The van der Waals surface area contributed by atoms with E-state index in [2.05, 4.69) is 15.9 Å². The molecule has 104 valence electrons. The first-order chi connectivity index (χ1) is 10.2. The first-order valence-electron chi connectivity index (χ1n) is 6.88. The fourth-order valence-electron chi connectivity index (χ4n) is 3.29.